The predicted molar refractivity (Wildman–Crippen MR) is 160 cm³/mol. The van der Waals surface area contributed by atoms with Gasteiger partial charge in [-0.2, -0.15) is 8.42 Å². The van der Waals surface area contributed by atoms with Crippen molar-refractivity contribution < 1.29 is 36.8 Å². The summed E-state index contributed by atoms with van der Waals surface area (Å²) < 4.78 is 43.6. The first-order chi connectivity index (χ1) is 21.1. The van der Waals surface area contributed by atoms with Crippen molar-refractivity contribution in [1.29, 1.82) is 0 Å². The molecule has 2 amide bonds. The number of hydrogen-bond donors (Lipinski definition) is 1. The lowest BCUT2D eigenvalue weighted by molar-refractivity contribution is 0.0575. The summed E-state index contributed by atoms with van der Waals surface area (Å²) >= 11 is 0. The minimum atomic E-state index is -4.28. The van der Waals surface area contributed by atoms with E-state index in [1.54, 1.807) is 36.4 Å². The van der Waals surface area contributed by atoms with E-state index in [2.05, 4.69) is 0 Å². The van der Waals surface area contributed by atoms with Crippen LogP contribution in [0.4, 0.5) is 0 Å². The summed E-state index contributed by atoms with van der Waals surface area (Å²) in [6.07, 6.45) is 0.417. The summed E-state index contributed by atoms with van der Waals surface area (Å²) in [5.74, 6) is -1.60. The van der Waals surface area contributed by atoms with Gasteiger partial charge in [0.25, 0.3) is 11.8 Å². The number of rotatable bonds is 6. The third kappa shape index (κ3) is 4.65. The zero-order chi connectivity index (χ0) is 31.3. The number of hydrogen-bond acceptors (Lipinski definition) is 9. The number of carbonyl (C=O) groups is 2. The molecule has 1 unspecified atom stereocenters. The number of benzene rings is 3. The number of carbonyl (C=O) groups excluding carboxylic acids is 2. The molecule has 0 aromatic heterocycles. The first-order valence-corrected chi connectivity index (χ1v) is 15.1. The Kier molecular flexibility index (Phi) is 7.13. The first kappa shape index (κ1) is 28.9. The van der Waals surface area contributed by atoms with Gasteiger partial charge in [0.1, 0.15) is 4.90 Å². The van der Waals surface area contributed by atoms with Gasteiger partial charge in [-0.3, -0.25) is 19.3 Å². The van der Waals surface area contributed by atoms with E-state index in [0.29, 0.717) is 22.3 Å². The molecular formula is C33H27NO9S. The van der Waals surface area contributed by atoms with Crippen molar-refractivity contribution in [3.63, 3.8) is 0 Å². The molecule has 1 atom stereocenters. The van der Waals surface area contributed by atoms with E-state index in [0.717, 1.165) is 10.5 Å². The number of imide groups is 1. The van der Waals surface area contributed by atoms with Crippen molar-refractivity contribution >= 4 is 21.9 Å². The van der Waals surface area contributed by atoms with Crippen molar-refractivity contribution in [1.82, 2.24) is 4.90 Å². The second-order valence-electron chi connectivity index (χ2n) is 10.5. The minimum absolute atomic E-state index is 0.0230. The molecule has 0 fully saturated rings. The Balaban J connectivity index is 1.55. The zero-order valence-corrected chi connectivity index (χ0v) is 24.8. The van der Waals surface area contributed by atoms with Crippen LogP contribution in [0.3, 0.4) is 0 Å². The molecule has 1 aliphatic heterocycles. The van der Waals surface area contributed by atoms with Gasteiger partial charge >= 0.3 is 10.1 Å². The quantitative estimate of drug-likeness (QED) is 0.240. The number of fused-ring (bicyclic) bond motifs is 4. The van der Waals surface area contributed by atoms with Crippen molar-refractivity contribution in [2.75, 3.05) is 14.2 Å². The van der Waals surface area contributed by atoms with Crippen molar-refractivity contribution in [2.24, 2.45) is 0 Å². The lowest BCUT2D eigenvalue weighted by atomic mass is 9.95. The lowest BCUT2D eigenvalue weighted by Gasteiger charge is -2.26. The standard InChI is InChI=1S/C33H27NO9S/c1-18-8-11-20(12-9-18)44(39,40)43-28-16-19-10-14-25(34-32(37)22-6-4-5-7-23(22)33(34)38)24-17-27(36)26(35)15-13-21(24)29(19)31(42-3)30(28)41-2/h4-9,11-13,15-17,25H,10,14H2,1-3H3,(H,35,36). The first-order valence-electron chi connectivity index (χ1n) is 13.7. The maximum atomic E-state index is 13.6. The van der Waals surface area contributed by atoms with Crippen LogP contribution in [0.5, 0.6) is 23.0 Å². The van der Waals surface area contributed by atoms with Gasteiger partial charge in [0, 0.05) is 5.56 Å². The molecule has 44 heavy (non-hydrogen) atoms. The maximum Gasteiger partial charge on any atom is 0.339 e. The van der Waals surface area contributed by atoms with Crippen molar-refractivity contribution in [3.8, 4) is 34.1 Å². The van der Waals surface area contributed by atoms with Crippen molar-refractivity contribution in [2.45, 2.75) is 30.7 Å². The molecule has 0 spiro atoms. The molecule has 1 aliphatic carbocycles. The average molecular weight is 614 g/mol. The fourth-order valence-electron chi connectivity index (χ4n) is 5.83. The number of nitrogens with zero attached hydrogens (tertiary/aromatic N) is 1. The molecule has 0 bridgehead atoms. The fourth-order valence-corrected chi connectivity index (χ4v) is 6.75. The Bertz CT molecular complexity index is 1990. The van der Waals surface area contributed by atoms with Gasteiger partial charge in [0.05, 0.1) is 31.4 Å². The van der Waals surface area contributed by atoms with Crippen LogP contribution in [0.15, 0.2) is 82.5 Å². The summed E-state index contributed by atoms with van der Waals surface area (Å²) in [4.78, 5) is 40.8. The molecule has 6 rings (SSSR count). The second kappa shape index (κ2) is 10.8. The van der Waals surface area contributed by atoms with Crippen LogP contribution < -0.4 is 19.1 Å². The number of aryl methyl sites for hydroxylation is 2. The van der Waals surface area contributed by atoms with Crippen molar-refractivity contribution in [3.05, 3.63) is 111 Å². The minimum Gasteiger partial charge on any atom is -0.504 e. The summed E-state index contributed by atoms with van der Waals surface area (Å²) in [7, 11) is -1.57. The van der Waals surface area contributed by atoms with E-state index in [4.69, 9.17) is 13.7 Å². The van der Waals surface area contributed by atoms with E-state index in [9.17, 15) is 27.9 Å². The van der Waals surface area contributed by atoms with Crippen LogP contribution in [0.1, 0.15) is 49.9 Å². The van der Waals surface area contributed by atoms with Crippen LogP contribution in [0.25, 0.3) is 11.1 Å². The van der Waals surface area contributed by atoms with E-state index in [-0.39, 0.29) is 46.1 Å². The zero-order valence-electron chi connectivity index (χ0n) is 24.0. The van der Waals surface area contributed by atoms with E-state index >= 15 is 0 Å². The van der Waals surface area contributed by atoms with Gasteiger partial charge in [-0.15, -0.1) is 0 Å². The summed E-state index contributed by atoms with van der Waals surface area (Å²) in [6.45, 7) is 1.83. The van der Waals surface area contributed by atoms with Crippen LogP contribution in [0.2, 0.25) is 0 Å². The molecule has 11 heteroatoms. The normalized spacial score (nSPS) is 15.6. The molecule has 224 valence electrons. The van der Waals surface area contributed by atoms with Crippen LogP contribution in [-0.4, -0.2) is 44.5 Å². The Labute approximate surface area is 253 Å². The lowest BCUT2D eigenvalue weighted by Crippen LogP contribution is -2.34. The molecule has 0 saturated heterocycles. The highest BCUT2D eigenvalue weighted by Gasteiger charge is 2.42. The molecule has 0 radical (unpaired) electrons. The topological polar surface area (TPSA) is 137 Å². The molecular weight excluding hydrogens is 586 g/mol. The Morgan fingerprint density at radius 1 is 0.818 bits per heavy atom. The van der Waals surface area contributed by atoms with Gasteiger partial charge in [-0.1, -0.05) is 29.8 Å². The van der Waals surface area contributed by atoms with Gasteiger partial charge < -0.3 is 18.8 Å². The largest absolute Gasteiger partial charge is 0.504 e. The molecule has 4 aromatic carbocycles. The van der Waals surface area contributed by atoms with Gasteiger partial charge in [-0.25, -0.2) is 0 Å². The van der Waals surface area contributed by atoms with Crippen LogP contribution in [0, 0.1) is 6.92 Å². The van der Waals surface area contributed by atoms with E-state index in [1.165, 1.54) is 50.6 Å². The number of aromatic hydroxyl groups is 1. The van der Waals surface area contributed by atoms with E-state index in [1.807, 2.05) is 6.92 Å². The highest BCUT2D eigenvalue weighted by Crippen LogP contribution is 2.52. The van der Waals surface area contributed by atoms with Gasteiger partial charge in [-0.05, 0) is 85.0 Å². The molecule has 1 heterocycles. The Hall–Kier alpha value is -5.16. The number of ether oxygens (including phenoxy) is 2. The maximum absolute atomic E-state index is 13.6. The van der Waals surface area contributed by atoms with Crippen LogP contribution in [-0.2, 0) is 16.5 Å². The molecule has 0 saturated carbocycles. The summed E-state index contributed by atoms with van der Waals surface area (Å²) in [5, 5.41) is 10.6. The van der Waals surface area contributed by atoms with Gasteiger partial charge in [0.2, 0.25) is 11.2 Å². The molecule has 2 aliphatic rings. The third-order valence-electron chi connectivity index (χ3n) is 7.91. The third-order valence-corrected chi connectivity index (χ3v) is 9.16. The van der Waals surface area contributed by atoms with Gasteiger partial charge in [0.15, 0.2) is 17.2 Å². The number of amides is 2. The summed E-state index contributed by atoms with van der Waals surface area (Å²) in [5.41, 5.74) is 2.43. The monoisotopic (exact) mass is 613 g/mol. The highest BCUT2D eigenvalue weighted by atomic mass is 32.2. The second-order valence-corrected chi connectivity index (χ2v) is 12.0. The Morgan fingerprint density at radius 2 is 1.45 bits per heavy atom. The average Bonchev–Trinajstić information content (AvgIpc) is 3.09. The smallest absolute Gasteiger partial charge is 0.339 e. The molecule has 4 aromatic rings. The Morgan fingerprint density at radius 3 is 2.07 bits per heavy atom. The highest BCUT2D eigenvalue weighted by molar-refractivity contribution is 7.87. The van der Waals surface area contributed by atoms with E-state index < -0.39 is 39.2 Å². The van der Waals surface area contributed by atoms with Crippen LogP contribution >= 0.6 is 0 Å². The molecule has 1 N–H and O–H groups in total. The predicted octanol–water partition coefficient (Wildman–Crippen LogP) is 4.80. The number of methoxy groups -OCH3 is 2. The fraction of sp³-hybridized carbons (Fsp3) is 0.182. The molecule has 10 nitrogen and oxygen atoms in total. The SMILES string of the molecule is COc1c(OS(=O)(=O)c2ccc(C)cc2)cc2c(c1OC)-c1ccc(=O)c(O)cc1C(N1C(=O)c3ccccc3C1=O)CC2. The summed E-state index contributed by atoms with van der Waals surface area (Å²) in [6, 6.07) is 17.2.